The molecule has 1 saturated heterocycles. The summed E-state index contributed by atoms with van der Waals surface area (Å²) in [6.07, 6.45) is 3.74. The lowest BCUT2D eigenvalue weighted by molar-refractivity contribution is -0.117. The van der Waals surface area contributed by atoms with Gasteiger partial charge in [0.2, 0.25) is 5.91 Å². The highest BCUT2D eigenvalue weighted by Crippen LogP contribution is 2.30. The Kier molecular flexibility index (Phi) is 3.02. The maximum atomic E-state index is 11.7. The van der Waals surface area contributed by atoms with Crippen LogP contribution in [-0.4, -0.2) is 29.1 Å². The number of amides is 1. The number of carbonyl (C=O) groups is 1. The van der Waals surface area contributed by atoms with Gasteiger partial charge in [-0.05, 0) is 22.0 Å². The van der Waals surface area contributed by atoms with E-state index in [1.54, 1.807) is 23.4 Å². The Hall–Kier alpha value is -0.940. The molecule has 1 fully saturated rings. The zero-order valence-corrected chi connectivity index (χ0v) is 9.64. The maximum absolute atomic E-state index is 11.7. The first-order chi connectivity index (χ1) is 7.22. The molecule has 1 aliphatic rings. The summed E-state index contributed by atoms with van der Waals surface area (Å²) in [6.45, 7) is 0.642. The van der Waals surface area contributed by atoms with Gasteiger partial charge in [0.15, 0.2) is 0 Å². The molecule has 5 heteroatoms. The number of hydrogen-bond acceptors (Lipinski definition) is 3. The van der Waals surface area contributed by atoms with E-state index >= 15 is 0 Å². The molecule has 1 unspecified atom stereocenters. The molecule has 0 radical (unpaired) electrons. The van der Waals surface area contributed by atoms with Crippen molar-refractivity contribution in [1.82, 2.24) is 4.98 Å². The first-order valence-electron chi connectivity index (χ1n) is 4.73. The van der Waals surface area contributed by atoms with Gasteiger partial charge in [-0.3, -0.25) is 9.78 Å². The van der Waals surface area contributed by atoms with Crippen LogP contribution in [0.3, 0.4) is 0 Å². The van der Waals surface area contributed by atoms with E-state index < -0.39 is 0 Å². The zero-order chi connectivity index (χ0) is 10.8. The van der Waals surface area contributed by atoms with Crippen LogP contribution in [0.15, 0.2) is 22.9 Å². The van der Waals surface area contributed by atoms with Gasteiger partial charge in [-0.1, -0.05) is 0 Å². The van der Waals surface area contributed by atoms with Crippen LogP contribution < -0.4 is 4.90 Å². The summed E-state index contributed by atoms with van der Waals surface area (Å²) in [7, 11) is 0. The standard InChI is InChI=1S/C10H11BrN2O2/c11-8-4-12-2-1-9(8)13-5-7(6-14)3-10(13)15/h1-2,4,7,14H,3,5-6H2. The minimum atomic E-state index is 0.0533. The fourth-order valence-corrected chi connectivity index (χ4v) is 2.19. The number of nitrogens with zero attached hydrogens (tertiary/aromatic N) is 2. The molecule has 1 N–H and O–H groups in total. The van der Waals surface area contributed by atoms with E-state index in [0.29, 0.717) is 13.0 Å². The number of aliphatic hydroxyl groups excluding tert-OH is 1. The van der Waals surface area contributed by atoms with Crippen molar-refractivity contribution in [3.63, 3.8) is 0 Å². The maximum Gasteiger partial charge on any atom is 0.227 e. The van der Waals surface area contributed by atoms with Crippen LogP contribution in [0.4, 0.5) is 5.69 Å². The Bertz CT molecular complexity index is 383. The minimum Gasteiger partial charge on any atom is -0.396 e. The van der Waals surface area contributed by atoms with E-state index in [9.17, 15) is 4.79 Å². The van der Waals surface area contributed by atoms with Crippen molar-refractivity contribution in [1.29, 1.82) is 0 Å². The van der Waals surface area contributed by atoms with E-state index in [2.05, 4.69) is 20.9 Å². The fraction of sp³-hybridized carbons (Fsp3) is 0.400. The highest BCUT2D eigenvalue weighted by atomic mass is 79.9. The lowest BCUT2D eigenvalue weighted by Gasteiger charge is -2.17. The summed E-state index contributed by atoms with van der Waals surface area (Å²) in [5, 5.41) is 9.01. The molecule has 0 spiro atoms. The molecule has 1 aromatic rings. The van der Waals surface area contributed by atoms with E-state index in [1.165, 1.54) is 0 Å². The van der Waals surface area contributed by atoms with Gasteiger partial charge in [0.25, 0.3) is 0 Å². The first-order valence-corrected chi connectivity index (χ1v) is 5.52. The number of aliphatic hydroxyl groups is 1. The average Bonchev–Trinajstić information content (AvgIpc) is 2.60. The summed E-state index contributed by atoms with van der Waals surface area (Å²) >= 11 is 3.36. The Labute approximate surface area is 96.1 Å². The van der Waals surface area contributed by atoms with E-state index in [1.807, 2.05) is 0 Å². The van der Waals surface area contributed by atoms with Crippen molar-refractivity contribution >= 4 is 27.5 Å². The first kappa shape index (κ1) is 10.6. The SMILES string of the molecule is O=C1CC(CO)CN1c1ccncc1Br. The van der Waals surface area contributed by atoms with Crippen LogP contribution in [0.25, 0.3) is 0 Å². The third-order valence-corrected chi connectivity index (χ3v) is 3.12. The van der Waals surface area contributed by atoms with Gasteiger partial charge < -0.3 is 10.0 Å². The van der Waals surface area contributed by atoms with Crippen LogP contribution in [0, 0.1) is 5.92 Å². The number of carbonyl (C=O) groups excluding carboxylic acids is 1. The smallest absolute Gasteiger partial charge is 0.227 e. The van der Waals surface area contributed by atoms with Gasteiger partial charge in [-0.2, -0.15) is 0 Å². The van der Waals surface area contributed by atoms with Crippen LogP contribution in [0.1, 0.15) is 6.42 Å². The monoisotopic (exact) mass is 270 g/mol. The van der Waals surface area contributed by atoms with E-state index in [0.717, 1.165) is 10.2 Å². The lowest BCUT2D eigenvalue weighted by Crippen LogP contribution is -2.25. The van der Waals surface area contributed by atoms with Gasteiger partial charge in [0.05, 0.1) is 10.2 Å². The third kappa shape index (κ3) is 2.03. The summed E-state index contributed by atoms with van der Waals surface area (Å²) in [5.74, 6) is 0.110. The average molecular weight is 271 g/mol. The number of halogens is 1. The Morgan fingerprint density at radius 1 is 1.67 bits per heavy atom. The van der Waals surface area contributed by atoms with Crippen molar-refractivity contribution in [3.05, 3.63) is 22.9 Å². The molecule has 0 aromatic carbocycles. The molecule has 2 rings (SSSR count). The number of anilines is 1. The van der Waals surface area contributed by atoms with Crippen molar-refractivity contribution in [2.24, 2.45) is 5.92 Å². The van der Waals surface area contributed by atoms with Crippen molar-refractivity contribution in [2.75, 3.05) is 18.1 Å². The summed E-state index contributed by atoms with van der Waals surface area (Å²) in [6, 6.07) is 1.79. The third-order valence-electron chi connectivity index (χ3n) is 2.51. The topological polar surface area (TPSA) is 53.4 Å². The molecular formula is C10H11BrN2O2. The van der Waals surface area contributed by atoms with Crippen LogP contribution in [0.2, 0.25) is 0 Å². The minimum absolute atomic E-state index is 0.0533. The Morgan fingerprint density at radius 2 is 2.47 bits per heavy atom. The normalized spacial score (nSPS) is 21.1. The van der Waals surface area contributed by atoms with Crippen LogP contribution in [0.5, 0.6) is 0 Å². The molecule has 4 nitrogen and oxygen atoms in total. The van der Waals surface area contributed by atoms with Crippen molar-refractivity contribution < 1.29 is 9.90 Å². The number of pyridine rings is 1. The number of hydrogen-bond donors (Lipinski definition) is 1. The quantitative estimate of drug-likeness (QED) is 0.879. The van der Waals surface area contributed by atoms with Crippen molar-refractivity contribution in [2.45, 2.75) is 6.42 Å². The number of aromatic nitrogens is 1. The predicted octanol–water partition coefficient (Wildman–Crippen LogP) is 1.19. The highest BCUT2D eigenvalue weighted by Gasteiger charge is 2.30. The molecule has 0 saturated carbocycles. The number of rotatable bonds is 2. The highest BCUT2D eigenvalue weighted by molar-refractivity contribution is 9.10. The predicted molar refractivity (Wildman–Crippen MR) is 59.5 cm³/mol. The summed E-state index contributed by atoms with van der Waals surface area (Å²) in [5.41, 5.74) is 0.825. The Balaban J connectivity index is 2.25. The second kappa shape index (κ2) is 4.28. The molecule has 0 bridgehead atoms. The van der Waals surface area contributed by atoms with Gasteiger partial charge in [0, 0.05) is 37.9 Å². The van der Waals surface area contributed by atoms with E-state index in [4.69, 9.17) is 5.11 Å². The van der Waals surface area contributed by atoms with Crippen molar-refractivity contribution in [3.8, 4) is 0 Å². The van der Waals surface area contributed by atoms with Gasteiger partial charge in [0.1, 0.15) is 0 Å². The lowest BCUT2D eigenvalue weighted by atomic mass is 10.1. The molecule has 1 amide bonds. The molecule has 15 heavy (non-hydrogen) atoms. The summed E-state index contributed by atoms with van der Waals surface area (Å²) in [4.78, 5) is 17.3. The largest absolute Gasteiger partial charge is 0.396 e. The molecule has 0 aliphatic carbocycles. The summed E-state index contributed by atoms with van der Waals surface area (Å²) < 4.78 is 0.803. The molecule has 1 aliphatic heterocycles. The molecule has 2 heterocycles. The molecule has 80 valence electrons. The van der Waals surface area contributed by atoms with Crippen LogP contribution in [-0.2, 0) is 4.79 Å². The zero-order valence-electron chi connectivity index (χ0n) is 8.06. The fourth-order valence-electron chi connectivity index (χ4n) is 1.72. The second-order valence-corrected chi connectivity index (χ2v) is 4.44. The molecule has 1 atom stereocenters. The second-order valence-electron chi connectivity index (χ2n) is 3.58. The molecule has 1 aromatic heterocycles. The van der Waals surface area contributed by atoms with Gasteiger partial charge in [-0.25, -0.2) is 0 Å². The van der Waals surface area contributed by atoms with Gasteiger partial charge >= 0.3 is 0 Å². The van der Waals surface area contributed by atoms with E-state index in [-0.39, 0.29) is 18.4 Å². The molecular weight excluding hydrogens is 260 g/mol. The van der Waals surface area contributed by atoms with Crippen LogP contribution >= 0.6 is 15.9 Å². The Morgan fingerprint density at radius 3 is 3.07 bits per heavy atom. The van der Waals surface area contributed by atoms with Gasteiger partial charge in [-0.15, -0.1) is 0 Å².